The minimum Gasteiger partial charge on any atom is -0.337 e. The van der Waals surface area contributed by atoms with Gasteiger partial charge in [-0.2, -0.15) is 5.10 Å². The summed E-state index contributed by atoms with van der Waals surface area (Å²) in [4.78, 5) is 13.8. The van der Waals surface area contributed by atoms with E-state index in [2.05, 4.69) is 10.2 Å². The lowest BCUT2D eigenvalue weighted by Gasteiger charge is -2.33. The molecule has 1 fully saturated rings. The number of H-pyrrole nitrogens is 1. The van der Waals surface area contributed by atoms with Gasteiger partial charge in [0.1, 0.15) is 5.69 Å². The normalized spacial score (nSPS) is 18.6. The fourth-order valence-electron chi connectivity index (χ4n) is 2.17. The van der Waals surface area contributed by atoms with Crippen molar-refractivity contribution in [2.75, 3.05) is 13.1 Å². The van der Waals surface area contributed by atoms with E-state index < -0.39 is 0 Å². The molecule has 1 amide bonds. The number of amides is 1. The molecule has 1 aliphatic heterocycles. The summed E-state index contributed by atoms with van der Waals surface area (Å²) in [6, 6.07) is 1.93. The molecule has 1 aromatic rings. The third kappa shape index (κ3) is 3.20. The van der Waals surface area contributed by atoms with E-state index in [1.807, 2.05) is 11.8 Å². The van der Waals surface area contributed by atoms with E-state index in [4.69, 9.17) is 5.73 Å². The fraction of sp³-hybridized carbons (Fsp3) is 0.636. The van der Waals surface area contributed by atoms with Crippen LogP contribution in [0.3, 0.4) is 0 Å². The Balaban J connectivity index is 0.00000144. The highest BCUT2D eigenvalue weighted by molar-refractivity contribution is 5.92. The molecule has 0 spiro atoms. The second kappa shape index (κ2) is 6.02. The first-order valence-corrected chi connectivity index (χ1v) is 5.72. The lowest BCUT2D eigenvalue weighted by molar-refractivity contribution is 0.0675. The first kappa shape index (κ1) is 14.0. The molecule has 17 heavy (non-hydrogen) atoms. The van der Waals surface area contributed by atoms with Gasteiger partial charge in [-0.3, -0.25) is 9.89 Å². The third-order valence-corrected chi connectivity index (χ3v) is 3.30. The number of carbonyl (C=O) groups excluding carboxylic acids is 1. The van der Waals surface area contributed by atoms with Gasteiger partial charge in [-0.1, -0.05) is 0 Å². The summed E-state index contributed by atoms with van der Waals surface area (Å²) in [5, 5.41) is 6.49. The first-order chi connectivity index (χ1) is 7.68. The van der Waals surface area contributed by atoms with Crippen LogP contribution in [-0.4, -0.2) is 40.1 Å². The molecule has 6 heteroatoms. The number of aromatic amines is 1. The number of piperidine rings is 1. The SMILES string of the molecule is CC(N)C1CCN(C(=O)c2ccn[nH]2)CC1.Cl. The van der Waals surface area contributed by atoms with Gasteiger partial charge in [0.25, 0.3) is 5.91 Å². The Morgan fingerprint density at radius 2 is 2.24 bits per heavy atom. The van der Waals surface area contributed by atoms with Crippen molar-refractivity contribution in [3.05, 3.63) is 18.0 Å². The van der Waals surface area contributed by atoms with Crippen LogP contribution in [0.25, 0.3) is 0 Å². The van der Waals surface area contributed by atoms with E-state index in [1.165, 1.54) is 0 Å². The molecule has 0 bridgehead atoms. The molecule has 96 valence electrons. The molecule has 2 heterocycles. The average molecular weight is 259 g/mol. The van der Waals surface area contributed by atoms with Crippen LogP contribution in [0.15, 0.2) is 12.3 Å². The highest BCUT2D eigenvalue weighted by Gasteiger charge is 2.25. The molecule has 0 aliphatic carbocycles. The quantitative estimate of drug-likeness (QED) is 0.832. The minimum absolute atomic E-state index is 0. The minimum atomic E-state index is 0. The van der Waals surface area contributed by atoms with Crippen molar-refractivity contribution < 1.29 is 4.79 Å². The zero-order valence-corrected chi connectivity index (χ0v) is 10.7. The van der Waals surface area contributed by atoms with E-state index in [0.29, 0.717) is 11.6 Å². The number of rotatable bonds is 2. The Labute approximate surface area is 107 Å². The number of likely N-dealkylation sites (tertiary alicyclic amines) is 1. The Morgan fingerprint density at radius 1 is 1.59 bits per heavy atom. The number of hydrogen-bond donors (Lipinski definition) is 2. The average Bonchev–Trinajstić information content (AvgIpc) is 2.81. The Kier molecular flexibility index (Phi) is 4.96. The summed E-state index contributed by atoms with van der Waals surface area (Å²) in [7, 11) is 0. The summed E-state index contributed by atoms with van der Waals surface area (Å²) in [6.07, 6.45) is 3.59. The van der Waals surface area contributed by atoms with Gasteiger partial charge in [-0.05, 0) is 31.7 Å². The fourth-order valence-corrected chi connectivity index (χ4v) is 2.17. The van der Waals surface area contributed by atoms with E-state index in [9.17, 15) is 4.79 Å². The molecular weight excluding hydrogens is 240 g/mol. The third-order valence-electron chi connectivity index (χ3n) is 3.30. The van der Waals surface area contributed by atoms with E-state index in [0.717, 1.165) is 25.9 Å². The van der Waals surface area contributed by atoms with Crippen LogP contribution in [0.4, 0.5) is 0 Å². The highest BCUT2D eigenvalue weighted by Crippen LogP contribution is 2.20. The zero-order valence-electron chi connectivity index (χ0n) is 9.93. The molecule has 5 nitrogen and oxygen atoms in total. The molecule has 1 saturated heterocycles. The zero-order chi connectivity index (χ0) is 11.5. The van der Waals surface area contributed by atoms with Crippen LogP contribution >= 0.6 is 12.4 Å². The summed E-state index contributed by atoms with van der Waals surface area (Å²) >= 11 is 0. The monoisotopic (exact) mass is 258 g/mol. The summed E-state index contributed by atoms with van der Waals surface area (Å²) in [5.41, 5.74) is 6.43. The van der Waals surface area contributed by atoms with Gasteiger partial charge in [0, 0.05) is 25.3 Å². The van der Waals surface area contributed by atoms with Gasteiger partial charge in [0.15, 0.2) is 0 Å². The van der Waals surface area contributed by atoms with Crippen LogP contribution in [0.1, 0.15) is 30.3 Å². The Bertz CT molecular complexity index is 344. The van der Waals surface area contributed by atoms with Crippen LogP contribution in [0, 0.1) is 5.92 Å². The molecule has 3 N–H and O–H groups in total. The number of nitrogens with two attached hydrogens (primary N) is 1. The lowest BCUT2D eigenvalue weighted by atomic mass is 9.91. The van der Waals surface area contributed by atoms with Crippen molar-refractivity contribution in [1.82, 2.24) is 15.1 Å². The van der Waals surface area contributed by atoms with Gasteiger partial charge < -0.3 is 10.6 Å². The van der Waals surface area contributed by atoms with Gasteiger partial charge >= 0.3 is 0 Å². The van der Waals surface area contributed by atoms with Crippen molar-refractivity contribution in [3.8, 4) is 0 Å². The van der Waals surface area contributed by atoms with Crippen LogP contribution in [0.2, 0.25) is 0 Å². The van der Waals surface area contributed by atoms with E-state index in [1.54, 1.807) is 12.3 Å². The van der Waals surface area contributed by atoms with Gasteiger partial charge in [0.05, 0.1) is 0 Å². The standard InChI is InChI=1S/C11H18N4O.ClH/c1-8(12)9-3-6-15(7-4-9)11(16)10-2-5-13-14-10;/h2,5,8-9H,3-4,6-7,12H2,1H3,(H,13,14);1H. The van der Waals surface area contributed by atoms with E-state index in [-0.39, 0.29) is 24.4 Å². The summed E-state index contributed by atoms with van der Waals surface area (Å²) in [5.74, 6) is 0.589. The maximum Gasteiger partial charge on any atom is 0.271 e. The topological polar surface area (TPSA) is 75.0 Å². The van der Waals surface area contributed by atoms with Crippen molar-refractivity contribution in [1.29, 1.82) is 0 Å². The van der Waals surface area contributed by atoms with Crippen LogP contribution < -0.4 is 5.73 Å². The van der Waals surface area contributed by atoms with Crippen LogP contribution in [0.5, 0.6) is 0 Å². The molecule has 1 aromatic heterocycles. The van der Waals surface area contributed by atoms with Gasteiger partial charge in [-0.15, -0.1) is 12.4 Å². The van der Waals surface area contributed by atoms with Crippen molar-refractivity contribution in [2.24, 2.45) is 11.7 Å². The predicted octanol–water partition coefficient (Wildman–Crippen LogP) is 1.03. The molecule has 1 atom stereocenters. The first-order valence-electron chi connectivity index (χ1n) is 5.72. The maximum atomic E-state index is 12.0. The smallest absolute Gasteiger partial charge is 0.271 e. The Hall–Kier alpha value is -1.07. The maximum absolute atomic E-state index is 12.0. The molecule has 0 aromatic carbocycles. The Morgan fingerprint density at radius 3 is 2.71 bits per heavy atom. The molecule has 0 radical (unpaired) electrons. The molecule has 0 saturated carbocycles. The van der Waals surface area contributed by atoms with Gasteiger partial charge in [0.2, 0.25) is 0 Å². The van der Waals surface area contributed by atoms with Crippen molar-refractivity contribution >= 4 is 18.3 Å². The summed E-state index contributed by atoms with van der Waals surface area (Å²) < 4.78 is 0. The molecular formula is C11H19ClN4O. The van der Waals surface area contributed by atoms with Crippen molar-refractivity contribution in [3.63, 3.8) is 0 Å². The molecule has 1 unspecified atom stereocenters. The molecule has 1 aliphatic rings. The second-order valence-electron chi connectivity index (χ2n) is 4.46. The van der Waals surface area contributed by atoms with Gasteiger partial charge in [-0.25, -0.2) is 0 Å². The number of aromatic nitrogens is 2. The van der Waals surface area contributed by atoms with Crippen LogP contribution in [-0.2, 0) is 0 Å². The number of hydrogen-bond acceptors (Lipinski definition) is 3. The number of halogens is 1. The predicted molar refractivity (Wildman–Crippen MR) is 68.1 cm³/mol. The van der Waals surface area contributed by atoms with Crippen molar-refractivity contribution in [2.45, 2.75) is 25.8 Å². The second-order valence-corrected chi connectivity index (χ2v) is 4.46. The largest absolute Gasteiger partial charge is 0.337 e. The lowest BCUT2D eigenvalue weighted by Crippen LogP contribution is -2.42. The summed E-state index contributed by atoms with van der Waals surface area (Å²) in [6.45, 7) is 3.63. The molecule has 2 rings (SSSR count). The number of carbonyl (C=O) groups is 1. The van der Waals surface area contributed by atoms with E-state index >= 15 is 0 Å². The number of nitrogens with one attached hydrogen (secondary N) is 1. The highest BCUT2D eigenvalue weighted by atomic mass is 35.5. The number of nitrogens with zero attached hydrogens (tertiary/aromatic N) is 2.